The van der Waals surface area contributed by atoms with Gasteiger partial charge in [-0.1, -0.05) is 23.9 Å². The molecule has 3 aromatic rings. The molecule has 1 amide bonds. The van der Waals surface area contributed by atoms with Crippen LogP contribution in [-0.4, -0.2) is 26.5 Å². The Morgan fingerprint density at radius 1 is 1.21 bits per heavy atom. The molecule has 8 heteroatoms. The van der Waals surface area contributed by atoms with Crippen molar-refractivity contribution in [2.24, 2.45) is 5.73 Å². The van der Waals surface area contributed by atoms with Crippen LogP contribution in [-0.2, 0) is 17.1 Å². The Kier molecular flexibility index (Phi) is 6.54. The number of aryl methyl sites for hydroxylation is 2. The number of rotatable bonds is 8. The van der Waals surface area contributed by atoms with Crippen molar-refractivity contribution in [3.05, 3.63) is 51.4 Å². The third-order valence-corrected chi connectivity index (χ3v) is 6.73. The monoisotopic (exact) mass is 428 g/mol. The van der Waals surface area contributed by atoms with Crippen molar-refractivity contribution in [2.45, 2.75) is 51.6 Å². The number of hydrogen-bond donors (Lipinski definition) is 1. The smallest absolute Gasteiger partial charge is 0.219 e. The minimum Gasteiger partial charge on any atom is -0.370 e. The number of ketones is 1. The first kappa shape index (κ1) is 21.3. The molecule has 2 N–H and O–H groups in total. The van der Waals surface area contributed by atoms with Crippen LogP contribution >= 0.6 is 23.1 Å². The molecule has 6 nitrogen and oxygen atoms in total. The molecule has 0 radical (unpaired) electrons. The van der Waals surface area contributed by atoms with Gasteiger partial charge in [-0.05, 0) is 61.4 Å². The largest absolute Gasteiger partial charge is 0.370 e. The van der Waals surface area contributed by atoms with Gasteiger partial charge in [0.25, 0.3) is 0 Å². The molecule has 2 heterocycles. The molecular weight excluding hydrogens is 404 g/mol. The fourth-order valence-corrected chi connectivity index (χ4v) is 5.40. The maximum Gasteiger partial charge on any atom is 0.219 e. The number of thioether (sulfide) groups is 1. The second-order valence-electron chi connectivity index (χ2n) is 6.99. The maximum absolute atomic E-state index is 12.1. The number of nitrogens with zero attached hydrogens (tertiary/aromatic N) is 3. The Morgan fingerprint density at radius 3 is 2.59 bits per heavy atom. The Bertz CT molecular complexity index is 1060. The van der Waals surface area contributed by atoms with Gasteiger partial charge in [0.2, 0.25) is 5.91 Å². The summed E-state index contributed by atoms with van der Waals surface area (Å²) < 4.78 is 1.95. The van der Waals surface area contributed by atoms with Crippen LogP contribution < -0.4 is 5.73 Å². The van der Waals surface area contributed by atoms with Gasteiger partial charge in [-0.25, -0.2) is 0 Å². The van der Waals surface area contributed by atoms with E-state index in [-0.39, 0.29) is 18.1 Å². The van der Waals surface area contributed by atoms with E-state index in [0.717, 1.165) is 43.7 Å². The first-order valence-electron chi connectivity index (χ1n) is 9.28. The zero-order valence-electron chi connectivity index (χ0n) is 17.0. The average Bonchev–Trinajstić information content (AvgIpc) is 3.28. The minimum atomic E-state index is -0.358. The van der Waals surface area contributed by atoms with Crippen LogP contribution in [0.1, 0.15) is 46.0 Å². The van der Waals surface area contributed by atoms with Crippen LogP contribution in [0.4, 0.5) is 0 Å². The number of carbonyl (C=O) groups excluding carboxylic acids is 2. The zero-order chi connectivity index (χ0) is 21.1. The molecule has 0 saturated heterocycles. The number of thiophene rings is 1. The van der Waals surface area contributed by atoms with E-state index in [2.05, 4.69) is 23.2 Å². The predicted octanol–water partition coefficient (Wildman–Crippen LogP) is 4.30. The lowest BCUT2D eigenvalue weighted by atomic mass is 9.92. The fraction of sp³-hybridized carbons (Fsp3) is 0.333. The third-order valence-electron chi connectivity index (χ3n) is 4.87. The number of amides is 1. The Hall–Kier alpha value is -2.45. The lowest BCUT2D eigenvalue weighted by molar-refractivity contribution is -0.118. The number of nitrogens with two attached hydrogens (primary N) is 1. The fourth-order valence-electron chi connectivity index (χ4n) is 3.53. The average molecular weight is 429 g/mol. The summed E-state index contributed by atoms with van der Waals surface area (Å²) in [6.07, 6.45) is 0.223. The minimum absolute atomic E-state index is 0.0795. The number of hydrogen-bond acceptors (Lipinski definition) is 6. The second kappa shape index (κ2) is 8.92. The number of primary amides is 1. The van der Waals surface area contributed by atoms with Gasteiger partial charge in [0.05, 0.1) is 4.88 Å². The summed E-state index contributed by atoms with van der Waals surface area (Å²) in [5, 5.41) is 11.4. The van der Waals surface area contributed by atoms with Crippen LogP contribution in [0, 0.1) is 20.8 Å². The summed E-state index contributed by atoms with van der Waals surface area (Å²) in [6, 6.07) is 6.01. The quantitative estimate of drug-likeness (QED) is 0.427. The van der Waals surface area contributed by atoms with Crippen molar-refractivity contribution in [3.8, 4) is 10.7 Å². The van der Waals surface area contributed by atoms with Gasteiger partial charge in [-0.3, -0.25) is 9.59 Å². The highest BCUT2D eigenvalue weighted by Gasteiger charge is 2.18. The summed E-state index contributed by atoms with van der Waals surface area (Å²) >= 11 is 3.13. The van der Waals surface area contributed by atoms with Gasteiger partial charge in [0.15, 0.2) is 16.8 Å². The highest BCUT2D eigenvalue weighted by Crippen LogP contribution is 2.32. The van der Waals surface area contributed by atoms with Gasteiger partial charge in [0, 0.05) is 24.3 Å². The highest BCUT2D eigenvalue weighted by molar-refractivity contribution is 7.98. The Labute approximate surface area is 178 Å². The first-order chi connectivity index (χ1) is 13.8. The number of carbonyl (C=O) groups is 2. The van der Waals surface area contributed by atoms with E-state index in [0.29, 0.717) is 12.3 Å². The van der Waals surface area contributed by atoms with Crippen LogP contribution in [0.15, 0.2) is 28.7 Å². The molecule has 0 saturated carbocycles. The van der Waals surface area contributed by atoms with E-state index in [1.165, 1.54) is 0 Å². The topological polar surface area (TPSA) is 90.9 Å². The standard InChI is InChI=1S/C21H24N4O2S2/c1-12-10-13(2)19(15(4)26)14(3)16(12)11-29-21-24-23-20(17-6-5-9-28-17)25(21)8-7-18(22)27/h5-6,9-10H,7-8,11H2,1-4H3,(H2,22,27). The molecule has 152 valence electrons. The summed E-state index contributed by atoms with van der Waals surface area (Å²) in [5.41, 5.74) is 10.5. The number of aromatic nitrogens is 3. The molecule has 29 heavy (non-hydrogen) atoms. The summed E-state index contributed by atoms with van der Waals surface area (Å²) in [7, 11) is 0. The van der Waals surface area contributed by atoms with Crippen molar-refractivity contribution in [3.63, 3.8) is 0 Å². The van der Waals surface area contributed by atoms with Crippen molar-refractivity contribution >= 4 is 34.8 Å². The molecular formula is C21H24N4O2S2. The van der Waals surface area contributed by atoms with Gasteiger partial charge in [-0.2, -0.15) is 0 Å². The molecule has 0 aliphatic rings. The van der Waals surface area contributed by atoms with E-state index in [1.54, 1.807) is 30.0 Å². The van der Waals surface area contributed by atoms with Crippen molar-refractivity contribution in [1.82, 2.24) is 14.8 Å². The summed E-state index contributed by atoms with van der Waals surface area (Å²) in [4.78, 5) is 24.4. The predicted molar refractivity (Wildman–Crippen MR) is 117 cm³/mol. The maximum atomic E-state index is 12.1. The van der Waals surface area contributed by atoms with Crippen molar-refractivity contribution < 1.29 is 9.59 Å². The molecule has 0 spiro atoms. The van der Waals surface area contributed by atoms with Crippen LogP contribution in [0.25, 0.3) is 10.7 Å². The molecule has 0 aliphatic heterocycles. The lowest BCUT2D eigenvalue weighted by Crippen LogP contribution is -2.15. The molecule has 0 unspecified atom stereocenters. The van der Waals surface area contributed by atoms with Gasteiger partial charge in [0.1, 0.15) is 0 Å². The van der Waals surface area contributed by atoms with E-state index in [4.69, 9.17) is 5.73 Å². The van der Waals surface area contributed by atoms with Gasteiger partial charge < -0.3 is 10.3 Å². The molecule has 2 aromatic heterocycles. The van der Waals surface area contributed by atoms with E-state index in [1.807, 2.05) is 35.9 Å². The SMILES string of the molecule is CC(=O)c1c(C)cc(C)c(CSc2nnc(-c3cccs3)n2CCC(N)=O)c1C. The Morgan fingerprint density at radius 2 is 1.97 bits per heavy atom. The molecule has 0 fully saturated rings. The molecule has 0 atom stereocenters. The van der Waals surface area contributed by atoms with Crippen LogP contribution in [0.5, 0.6) is 0 Å². The molecule has 1 aromatic carbocycles. The van der Waals surface area contributed by atoms with Crippen molar-refractivity contribution in [1.29, 1.82) is 0 Å². The van der Waals surface area contributed by atoms with Gasteiger partial charge >= 0.3 is 0 Å². The van der Waals surface area contributed by atoms with E-state index in [9.17, 15) is 9.59 Å². The molecule has 0 bridgehead atoms. The lowest BCUT2D eigenvalue weighted by Gasteiger charge is -2.16. The summed E-state index contributed by atoms with van der Waals surface area (Å²) in [5.74, 6) is 1.13. The Balaban J connectivity index is 1.92. The first-order valence-corrected chi connectivity index (χ1v) is 11.1. The zero-order valence-corrected chi connectivity index (χ0v) is 18.6. The normalized spacial score (nSPS) is 11.0. The second-order valence-corrected chi connectivity index (χ2v) is 8.88. The summed E-state index contributed by atoms with van der Waals surface area (Å²) in [6.45, 7) is 8.08. The highest BCUT2D eigenvalue weighted by atomic mass is 32.2. The number of benzene rings is 1. The third kappa shape index (κ3) is 4.59. The van der Waals surface area contributed by atoms with E-state index < -0.39 is 0 Å². The molecule has 3 rings (SSSR count). The van der Waals surface area contributed by atoms with Crippen LogP contribution in [0.3, 0.4) is 0 Å². The van der Waals surface area contributed by atoms with E-state index >= 15 is 0 Å². The molecule has 0 aliphatic carbocycles. The van der Waals surface area contributed by atoms with Gasteiger partial charge in [-0.15, -0.1) is 21.5 Å². The van der Waals surface area contributed by atoms with Crippen molar-refractivity contribution in [2.75, 3.05) is 0 Å². The van der Waals surface area contributed by atoms with Crippen LogP contribution in [0.2, 0.25) is 0 Å². The number of Topliss-reactive ketones (excluding diaryl/α,β-unsaturated/α-hetero) is 1.